The zero-order chi connectivity index (χ0) is 19.9. The molecule has 3 aromatic rings. The lowest BCUT2D eigenvalue weighted by Crippen LogP contribution is -2.13. The van der Waals surface area contributed by atoms with Gasteiger partial charge in [-0.1, -0.05) is 30.3 Å². The Morgan fingerprint density at radius 2 is 2.04 bits per heavy atom. The molecule has 28 heavy (non-hydrogen) atoms. The standard InChI is InChI=1S/C19H17N3O5S/c23-9-8-20-17-7-6-15(22(25)26)10-16(17)19(24)27-11-14-12-28-18(21-14)13-4-2-1-3-5-13/h1-7,10,12,20,23H,8-9,11H2. The molecule has 0 aliphatic carbocycles. The largest absolute Gasteiger partial charge is 0.455 e. The van der Waals surface area contributed by atoms with Crippen LogP contribution in [0.4, 0.5) is 11.4 Å². The summed E-state index contributed by atoms with van der Waals surface area (Å²) in [6.45, 7) is 0.00146. The van der Waals surface area contributed by atoms with Gasteiger partial charge >= 0.3 is 5.97 Å². The molecule has 0 amide bonds. The molecule has 2 N–H and O–H groups in total. The number of esters is 1. The van der Waals surface area contributed by atoms with Gasteiger partial charge in [0.25, 0.3) is 5.69 Å². The number of aromatic nitrogens is 1. The van der Waals surface area contributed by atoms with Crippen LogP contribution in [0.25, 0.3) is 10.6 Å². The summed E-state index contributed by atoms with van der Waals surface area (Å²) in [7, 11) is 0. The van der Waals surface area contributed by atoms with Crippen LogP contribution < -0.4 is 5.32 Å². The number of thiazole rings is 1. The molecular formula is C19H17N3O5S. The average molecular weight is 399 g/mol. The van der Waals surface area contributed by atoms with Crippen LogP contribution >= 0.6 is 11.3 Å². The first-order valence-corrected chi connectivity index (χ1v) is 9.26. The summed E-state index contributed by atoms with van der Waals surface area (Å²) in [6, 6.07) is 13.5. The summed E-state index contributed by atoms with van der Waals surface area (Å²) in [5.41, 5.74) is 1.72. The Morgan fingerprint density at radius 1 is 1.25 bits per heavy atom. The molecule has 8 nitrogen and oxygen atoms in total. The van der Waals surface area contributed by atoms with Gasteiger partial charge in [-0.2, -0.15) is 0 Å². The van der Waals surface area contributed by atoms with Crippen LogP contribution in [0.5, 0.6) is 0 Å². The van der Waals surface area contributed by atoms with Crippen molar-refractivity contribution in [3.63, 3.8) is 0 Å². The number of hydrogen-bond donors (Lipinski definition) is 2. The van der Waals surface area contributed by atoms with E-state index in [1.807, 2.05) is 30.3 Å². The van der Waals surface area contributed by atoms with Gasteiger partial charge in [-0.15, -0.1) is 11.3 Å². The highest BCUT2D eigenvalue weighted by Crippen LogP contribution is 2.25. The normalized spacial score (nSPS) is 10.5. The van der Waals surface area contributed by atoms with E-state index >= 15 is 0 Å². The van der Waals surface area contributed by atoms with E-state index in [1.165, 1.54) is 23.5 Å². The summed E-state index contributed by atoms with van der Waals surface area (Å²) in [6.07, 6.45) is 0. The number of non-ortho nitro benzene ring substituents is 1. The smallest absolute Gasteiger partial charge is 0.340 e. The van der Waals surface area contributed by atoms with Crippen molar-refractivity contribution < 1.29 is 19.6 Å². The zero-order valence-electron chi connectivity index (χ0n) is 14.7. The first-order chi connectivity index (χ1) is 13.6. The number of carbonyl (C=O) groups is 1. The molecule has 0 aliphatic heterocycles. The second-order valence-electron chi connectivity index (χ2n) is 5.72. The number of nitrogens with one attached hydrogen (secondary N) is 1. The fraction of sp³-hybridized carbons (Fsp3) is 0.158. The van der Waals surface area contributed by atoms with E-state index in [4.69, 9.17) is 9.84 Å². The highest BCUT2D eigenvalue weighted by Gasteiger charge is 2.18. The molecule has 0 atom stereocenters. The van der Waals surface area contributed by atoms with E-state index in [2.05, 4.69) is 10.3 Å². The number of aliphatic hydroxyl groups is 1. The Morgan fingerprint density at radius 3 is 2.75 bits per heavy atom. The van der Waals surface area contributed by atoms with Gasteiger partial charge < -0.3 is 15.2 Å². The van der Waals surface area contributed by atoms with Crippen molar-refractivity contribution in [2.75, 3.05) is 18.5 Å². The molecule has 0 spiro atoms. The van der Waals surface area contributed by atoms with Crippen molar-refractivity contribution >= 4 is 28.7 Å². The van der Waals surface area contributed by atoms with E-state index < -0.39 is 10.9 Å². The van der Waals surface area contributed by atoms with Gasteiger partial charge in [-0.05, 0) is 6.07 Å². The highest BCUT2D eigenvalue weighted by molar-refractivity contribution is 7.13. The number of nitro groups is 1. The van der Waals surface area contributed by atoms with E-state index in [0.717, 1.165) is 16.6 Å². The summed E-state index contributed by atoms with van der Waals surface area (Å²) in [4.78, 5) is 27.3. The third-order valence-electron chi connectivity index (χ3n) is 3.78. The van der Waals surface area contributed by atoms with Gasteiger partial charge in [0, 0.05) is 35.3 Å². The number of anilines is 1. The minimum absolute atomic E-state index is 0.0289. The van der Waals surface area contributed by atoms with E-state index in [0.29, 0.717) is 11.4 Å². The van der Waals surface area contributed by atoms with E-state index in [1.54, 1.807) is 5.38 Å². The molecule has 0 radical (unpaired) electrons. The van der Waals surface area contributed by atoms with Gasteiger partial charge in [0.05, 0.1) is 22.8 Å². The van der Waals surface area contributed by atoms with Crippen LogP contribution in [0.1, 0.15) is 16.1 Å². The number of nitro benzene ring substituents is 1. The first-order valence-electron chi connectivity index (χ1n) is 8.38. The van der Waals surface area contributed by atoms with Crippen LogP contribution in [0.3, 0.4) is 0 Å². The molecule has 0 saturated carbocycles. The number of benzene rings is 2. The third kappa shape index (κ3) is 4.70. The van der Waals surface area contributed by atoms with Gasteiger partial charge in [0.1, 0.15) is 11.6 Å². The number of aliphatic hydroxyl groups excluding tert-OH is 1. The predicted molar refractivity (Wildman–Crippen MR) is 105 cm³/mol. The lowest BCUT2D eigenvalue weighted by Gasteiger charge is -2.10. The molecule has 3 rings (SSSR count). The Balaban J connectivity index is 1.73. The monoisotopic (exact) mass is 399 g/mol. The van der Waals surface area contributed by atoms with Crippen molar-refractivity contribution in [3.8, 4) is 10.6 Å². The highest BCUT2D eigenvalue weighted by atomic mass is 32.1. The summed E-state index contributed by atoms with van der Waals surface area (Å²) in [5, 5.41) is 25.4. The van der Waals surface area contributed by atoms with Crippen LogP contribution in [0.15, 0.2) is 53.9 Å². The molecule has 0 fully saturated rings. The molecule has 9 heteroatoms. The predicted octanol–water partition coefficient (Wildman–Crippen LogP) is 3.48. The lowest BCUT2D eigenvalue weighted by atomic mass is 10.1. The van der Waals surface area contributed by atoms with Gasteiger partial charge in [0.2, 0.25) is 0 Å². The average Bonchev–Trinajstić information content (AvgIpc) is 3.20. The molecule has 2 aromatic carbocycles. The second kappa shape index (κ2) is 9.07. The van der Waals surface area contributed by atoms with E-state index in [-0.39, 0.29) is 31.0 Å². The van der Waals surface area contributed by atoms with Crippen LogP contribution in [0, 0.1) is 10.1 Å². The minimum atomic E-state index is -0.710. The topological polar surface area (TPSA) is 115 Å². The fourth-order valence-electron chi connectivity index (χ4n) is 2.46. The molecule has 0 unspecified atom stereocenters. The summed E-state index contributed by atoms with van der Waals surface area (Å²) < 4.78 is 5.30. The van der Waals surface area contributed by atoms with Crippen LogP contribution in [-0.4, -0.2) is 34.1 Å². The summed E-state index contributed by atoms with van der Waals surface area (Å²) in [5.74, 6) is -0.710. The van der Waals surface area contributed by atoms with Gasteiger partial charge in [-0.25, -0.2) is 9.78 Å². The van der Waals surface area contributed by atoms with Crippen molar-refractivity contribution in [1.29, 1.82) is 0 Å². The third-order valence-corrected chi connectivity index (χ3v) is 4.72. The van der Waals surface area contributed by atoms with Crippen molar-refractivity contribution in [2.24, 2.45) is 0 Å². The Labute approximate surface area is 164 Å². The fourth-order valence-corrected chi connectivity index (χ4v) is 3.27. The quantitative estimate of drug-likeness (QED) is 0.338. The lowest BCUT2D eigenvalue weighted by molar-refractivity contribution is -0.384. The van der Waals surface area contributed by atoms with Crippen LogP contribution in [0.2, 0.25) is 0 Å². The van der Waals surface area contributed by atoms with Gasteiger partial charge in [-0.3, -0.25) is 10.1 Å². The molecule has 0 aliphatic rings. The van der Waals surface area contributed by atoms with Crippen molar-refractivity contribution in [2.45, 2.75) is 6.61 Å². The zero-order valence-corrected chi connectivity index (χ0v) is 15.5. The van der Waals surface area contributed by atoms with E-state index in [9.17, 15) is 14.9 Å². The number of rotatable bonds is 8. The Kier molecular flexibility index (Phi) is 6.30. The number of carbonyl (C=O) groups excluding carboxylic acids is 1. The van der Waals surface area contributed by atoms with Crippen molar-refractivity contribution in [1.82, 2.24) is 4.98 Å². The minimum Gasteiger partial charge on any atom is -0.455 e. The molecule has 0 saturated heterocycles. The number of ether oxygens (including phenoxy) is 1. The maximum Gasteiger partial charge on any atom is 0.340 e. The van der Waals surface area contributed by atoms with Crippen LogP contribution in [-0.2, 0) is 11.3 Å². The molecule has 1 aromatic heterocycles. The maximum atomic E-state index is 12.5. The second-order valence-corrected chi connectivity index (χ2v) is 6.58. The number of hydrogen-bond acceptors (Lipinski definition) is 8. The SMILES string of the molecule is O=C(OCc1csc(-c2ccccc2)n1)c1cc([N+](=O)[O-])ccc1NCCO. The van der Waals surface area contributed by atoms with Crippen molar-refractivity contribution in [3.05, 3.63) is 75.3 Å². The Bertz CT molecular complexity index is 975. The molecule has 1 heterocycles. The first kappa shape index (κ1) is 19.5. The molecular weight excluding hydrogens is 382 g/mol. The molecule has 144 valence electrons. The summed E-state index contributed by atoms with van der Waals surface area (Å²) >= 11 is 1.44. The van der Waals surface area contributed by atoms with Gasteiger partial charge in [0.15, 0.2) is 0 Å². The maximum absolute atomic E-state index is 12.5. The number of nitrogens with zero attached hydrogens (tertiary/aromatic N) is 2. The molecule has 0 bridgehead atoms. The Hall–Kier alpha value is -3.30.